The summed E-state index contributed by atoms with van der Waals surface area (Å²) in [6, 6.07) is 1.51. The maximum atomic E-state index is 12.7. The lowest BCUT2D eigenvalue weighted by atomic mass is 10.3. The number of ether oxygens (including phenoxy) is 1. The van der Waals surface area contributed by atoms with Crippen molar-refractivity contribution in [3.8, 4) is 0 Å². The van der Waals surface area contributed by atoms with Crippen LogP contribution in [0.3, 0.4) is 0 Å². The number of anilines is 2. The number of hydrogen-bond donors (Lipinski definition) is 1. The number of aromatic nitrogens is 2. The lowest BCUT2D eigenvalue weighted by Crippen LogP contribution is -2.35. The van der Waals surface area contributed by atoms with Gasteiger partial charge in [-0.1, -0.05) is 6.92 Å². The Balaban J connectivity index is 3.04. The molecule has 0 bridgehead atoms. The summed E-state index contributed by atoms with van der Waals surface area (Å²) in [5, 5.41) is 2.83. The molecule has 0 saturated heterocycles. The van der Waals surface area contributed by atoms with E-state index in [0.29, 0.717) is 24.7 Å². The summed E-state index contributed by atoms with van der Waals surface area (Å²) in [6.45, 7) is 3.55. The van der Waals surface area contributed by atoms with Crippen molar-refractivity contribution >= 4 is 11.6 Å². The van der Waals surface area contributed by atoms with Crippen molar-refractivity contribution in [3.05, 3.63) is 11.9 Å². The number of nitrogens with zero attached hydrogens (tertiary/aromatic N) is 3. The molecule has 8 heteroatoms. The van der Waals surface area contributed by atoms with Crippen LogP contribution in [0.5, 0.6) is 0 Å². The highest BCUT2D eigenvalue weighted by Gasteiger charge is 2.31. The predicted octanol–water partition coefficient (Wildman–Crippen LogP) is 2.83. The molecular formula is C13H21F3N4O. The van der Waals surface area contributed by atoms with E-state index in [-0.39, 0.29) is 19.0 Å². The van der Waals surface area contributed by atoms with Gasteiger partial charge in [0, 0.05) is 26.3 Å². The van der Waals surface area contributed by atoms with E-state index in [1.54, 1.807) is 7.05 Å². The van der Waals surface area contributed by atoms with Crippen LogP contribution < -0.4 is 10.2 Å². The van der Waals surface area contributed by atoms with Gasteiger partial charge in [0.05, 0.1) is 0 Å². The number of rotatable bonds is 8. The first kappa shape index (κ1) is 17.5. The SMILES string of the molecule is CCCN(CC(F)(F)F)c1cc(NC)nc(COCC)n1. The molecule has 0 saturated carbocycles. The summed E-state index contributed by atoms with van der Waals surface area (Å²) in [5.74, 6) is 1.09. The summed E-state index contributed by atoms with van der Waals surface area (Å²) in [6.07, 6.45) is -3.68. The Bertz CT molecular complexity index is 440. The van der Waals surface area contributed by atoms with Crippen molar-refractivity contribution in [2.75, 3.05) is 37.0 Å². The van der Waals surface area contributed by atoms with Crippen LogP contribution in [-0.4, -0.2) is 42.9 Å². The van der Waals surface area contributed by atoms with Crippen LogP contribution >= 0.6 is 0 Å². The van der Waals surface area contributed by atoms with E-state index in [2.05, 4.69) is 15.3 Å². The van der Waals surface area contributed by atoms with Crippen LogP contribution in [0.15, 0.2) is 6.07 Å². The Hall–Kier alpha value is -1.57. The highest BCUT2D eigenvalue weighted by atomic mass is 19.4. The number of nitrogens with one attached hydrogen (secondary N) is 1. The summed E-state index contributed by atoms with van der Waals surface area (Å²) in [4.78, 5) is 9.55. The van der Waals surface area contributed by atoms with Crippen molar-refractivity contribution in [2.45, 2.75) is 33.1 Å². The zero-order valence-corrected chi connectivity index (χ0v) is 12.5. The zero-order valence-electron chi connectivity index (χ0n) is 12.5. The first-order valence-electron chi connectivity index (χ1n) is 6.84. The fourth-order valence-corrected chi connectivity index (χ4v) is 1.79. The molecule has 0 aliphatic rings. The second-order valence-electron chi connectivity index (χ2n) is 4.45. The zero-order chi connectivity index (χ0) is 15.9. The minimum atomic E-state index is -4.28. The van der Waals surface area contributed by atoms with Gasteiger partial charge < -0.3 is 15.0 Å². The van der Waals surface area contributed by atoms with Gasteiger partial charge in [-0.25, -0.2) is 9.97 Å². The molecule has 1 N–H and O–H groups in total. The average molecular weight is 306 g/mol. The van der Waals surface area contributed by atoms with Gasteiger partial charge in [-0.3, -0.25) is 0 Å². The van der Waals surface area contributed by atoms with Gasteiger partial charge in [0.1, 0.15) is 24.8 Å². The molecule has 120 valence electrons. The van der Waals surface area contributed by atoms with E-state index in [1.807, 2.05) is 13.8 Å². The summed E-state index contributed by atoms with van der Waals surface area (Å²) < 4.78 is 43.2. The minimum Gasteiger partial charge on any atom is -0.374 e. The summed E-state index contributed by atoms with van der Waals surface area (Å²) in [7, 11) is 1.66. The largest absolute Gasteiger partial charge is 0.405 e. The van der Waals surface area contributed by atoms with E-state index in [9.17, 15) is 13.2 Å². The highest BCUT2D eigenvalue weighted by Crippen LogP contribution is 2.23. The molecular weight excluding hydrogens is 285 g/mol. The molecule has 0 atom stereocenters. The Morgan fingerprint density at radius 3 is 2.52 bits per heavy atom. The molecule has 0 amide bonds. The highest BCUT2D eigenvalue weighted by molar-refractivity contribution is 5.49. The first-order chi connectivity index (χ1) is 9.89. The van der Waals surface area contributed by atoms with Gasteiger partial charge in [0.15, 0.2) is 5.82 Å². The van der Waals surface area contributed by atoms with Crippen LogP contribution in [-0.2, 0) is 11.3 Å². The summed E-state index contributed by atoms with van der Waals surface area (Å²) in [5.41, 5.74) is 0. The van der Waals surface area contributed by atoms with Crippen molar-refractivity contribution in [1.29, 1.82) is 0 Å². The Labute approximate surface area is 122 Å². The van der Waals surface area contributed by atoms with Gasteiger partial charge in [0.25, 0.3) is 0 Å². The van der Waals surface area contributed by atoms with E-state index < -0.39 is 12.7 Å². The molecule has 1 aromatic heterocycles. The third-order valence-electron chi connectivity index (χ3n) is 2.64. The van der Waals surface area contributed by atoms with Crippen molar-refractivity contribution in [3.63, 3.8) is 0 Å². The van der Waals surface area contributed by atoms with Gasteiger partial charge >= 0.3 is 6.18 Å². The maximum absolute atomic E-state index is 12.7. The van der Waals surface area contributed by atoms with Gasteiger partial charge in [-0.2, -0.15) is 13.2 Å². The minimum absolute atomic E-state index is 0.172. The topological polar surface area (TPSA) is 50.3 Å². The Kier molecular flexibility index (Phi) is 6.67. The first-order valence-corrected chi connectivity index (χ1v) is 6.84. The fourth-order valence-electron chi connectivity index (χ4n) is 1.79. The molecule has 0 unspecified atom stereocenters. The standard InChI is InChI=1S/C13H21F3N4O/c1-4-6-20(9-13(14,15)16)12-7-10(17-3)18-11(19-12)8-21-5-2/h7H,4-6,8-9H2,1-3H3,(H,17,18,19). The summed E-state index contributed by atoms with van der Waals surface area (Å²) >= 11 is 0. The molecule has 0 radical (unpaired) electrons. The third kappa shape index (κ3) is 6.16. The van der Waals surface area contributed by atoms with Gasteiger partial charge in [-0.15, -0.1) is 0 Å². The third-order valence-corrected chi connectivity index (χ3v) is 2.64. The molecule has 0 aliphatic carbocycles. The molecule has 0 spiro atoms. The Morgan fingerprint density at radius 2 is 2.00 bits per heavy atom. The average Bonchev–Trinajstić information content (AvgIpc) is 2.43. The lowest BCUT2D eigenvalue weighted by Gasteiger charge is -2.25. The second-order valence-corrected chi connectivity index (χ2v) is 4.45. The smallest absolute Gasteiger partial charge is 0.374 e. The van der Waals surface area contributed by atoms with Crippen molar-refractivity contribution in [1.82, 2.24) is 9.97 Å². The van der Waals surface area contributed by atoms with E-state index >= 15 is 0 Å². The van der Waals surface area contributed by atoms with E-state index in [1.165, 1.54) is 11.0 Å². The molecule has 0 aromatic carbocycles. The Morgan fingerprint density at radius 1 is 1.29 bits per heavy atom. The van der Waals surface area contributed by atoms with Gasteiger partial charge in [-0.05, 0) is 13.3 Å². The molecule has 0 aliphatic heterocycles. The normalized spacial score (nSPS) is 11.5. The quantitative estimate of drug-likeness (QED) is 0.800. The molecule has 1 aromatic rings. The molecule has 1 heterocycles. The molecule has 21 heavy (non-hydrogen) atoms. The molecule has 5 nitrogen and oxygen atoms in total. The predicted molar refractivity (Wildman–Crippen MR) is 75.5 cm³/mol. The molecule has 1 rings (SSSR count). The van der Waals surface area contributed by atoms with Crippen LogP contribution in [0.1, 0.15) is 26.1 Å². The van der Waals surface area contributed by atoms with Crippen LogP contribution in [0.25, 0.3) is 0 Å². The number of alkyl halides is 3. The van der Waals surface area contributed by atoms with Crippen molar-refractivity contribution < 1.29 is 17.9 Å². The van der Waals surface area contributed by atoms with Crippen LogP contribution in [0.4, 0.5) is 24.8 Å². The number of halogens is 3. The number of hydrogen-bond acceptors (Lipinski definition) is 5. The van der Waals surface area contributed by atoms with E-state index in [0.717, 1.165) is 0 Å². The van der Waals surface area contributed by atoms with Gasteiger partial charge in [0.2, 0.25) is 0 Å². The van der Waals surface area contributed by atoms with Crippen LogP contribution in [0, 0.1) is 0 Å². The van der Waals surface area contributed by atoms with E-state index in [4.69, 9.17) is 4.74 Å². The fraction of sp³-hybridized carbons (Fsp3) is 0.692. The monoisotopic (exact) mass is 306 g/mol. The maximum Gasteiger partial charge on any atom is 0.405 e. The van der Waals surface area contributed by atoms with Crippen molar-refractivity contribution in [2.24, 2.45) is 0 Å². The molecule has 0 fully saturated rings. The second kappa shape index (κ2) is 8.02. The lowest BCUT2D eigenvalue weighted by molar-refractivity contribution is -0.119. The van der Waals surface area contributed by atoms with Crippen LogP contribution in [0.2, 0.25) is 0 Å².